The molecule has 0 heterocycles. The Morgan fingerprint density at radius 3 is 2.39 bits per heavy atom. The van der Waals surface area contributed by atoms with E-state index in [-0.39, 0.29) is 18.1 Å². The zero-order valence-electron chi connectivity index (χ0n) is 15.5. The van der Waals surface area contributed by atoms with Crippen molar-refractivity contribution in [3.63, 3.8) is 0 Å². The molecule has 0 aromatic heterocycles. The van der Waals surface area contributed by atoms with Gasteiger partial charge in [-0.15, -0.1) is 0 Å². The Labute approximate surface area is 169 Å². The molecule has 0 aliphatic carbocycles. The van der Waals surface area contributed by atoms with Crippen molar-refractivity contribution >= 4 is 23.5 Å². The average Bonchev–Trinajstić information content (AvgIpc) is 2.70. The number of benzene rings is 2. The monoisotopic (exact) mass is 405 g/mol. The number of carbonyl (C=O) groups excluding carboxylic acids is 1. The lowest BCUT2D eigenvalue weighted by Crippen LogP contribution is -2.14. The van der Waals surface area contributed by atoms with Crippen molar-refractivity contribution in [1.29, 1.82) is 0 Å². The molecular weight excluding hydrogens is 382 g/mol. The van der Waals surface area contributed by atoms with Crippen LogP contribution in [0.25, 0.3) is 6.08 Å². The number of aromatic hydroxyl groups is 1. The number of allylic oxidation sites excluding steroid dienone is 1. The second kappa shape index (κ2) is 12.2. The van der Waals surface area contributed by atoms with Gasteiger partial charge in [0.2, 0.25) is 0 Å². The van der Waals surface area contributed by atoms with E-state index in [0.29, 0.717) is 49.3 Å². The molecule has 2 rings (SSSR count). The van der Waals surface area contributed by atoms with Crippen molar-refractivity contribution in [3.05, 3.63) is 64.7 Å². The molecule has 3 N–H and O–H groups in total. The van der Waals surface area contributed by atoms with Crippen molar-refractivity contribution in [3.8, 4) is 11.5 Å². The normalized spacial score (nSPS) is 11.1. The zero-order chi connectivity index (χ0) is 20.2. The van der Waals surface area contributed by atoms with Gasteiger partial charge in [0.05, 0.1) is 26.4 Å². The van der Waals surface area contributed by atoms with E-state index in [1.807, 2.05) is 0 Å². The third-order valence-corrected chi connectivity index (χ3v) is 3.91. The van der Waals surface area contributed by atoms with Gasteiger partial charge in [-0.05, 0) is 48.0 Å². The molecule has 0 aliphatic heterocycles. The summed E-state index contributed by atoms with van der Waals surface area (Å²) in [5.74, 6) is 0.203. The van der Waals surface area contributed by atoms with E-state index in [0.717, 1.165) is 5.56 Å². The molecule has 0 aliphatic rings. The van der Waals surface area contributed by atoms with Crippen LogP contribution in [0.2, 0.25) is 5.02 Å². The van der Waals surface area contributed by atoms with Gasteiger partial charge < -0.3 is 25.1 Å². The standard InChI is InChI=1S/C21H24ClNO5/c22-18-5-3-17(4-6-18)19(24)7-1-16-2-8-20(25)21(15-16)28-14-13-27-12-11-26-10-9-23/h1-8,15,25H,9-14,23H2. The zero-order valence-corrected chi connectivity index (χ0v) is 16.2. The Hall–Kier alpha value is -2.38. The van der Waals surface area contributed by atoms with E-state index in [1.165, 1.54) is 12.1 Å². The van der Waals surface area contributed by atoms with Gasteiger partial charge in [-0.1, -0.05) is 23.7 Å². The first-order valence-corrected chi connectivity index (χ1v) is 9.27. The Balaban J connectivity index is 1.83. The summed E-state index contributed by atoms with van der Waals surface area (Å²) < 4.78 is 16.1. The molecule has 0 radical (unpaired) electrons. The minimum absolute atomic E-state index is 0.0208. The molecular formula is C21H24ClNO5. The fraction of sp³-hybridized carbons (Fsp3) is 0.286. The van der Waals surface area contributed by atoms with E-state index in [1.54, 1.807) is 42.5 Å². The fourth-order valence-corrected chi connectivity index (χ4v) is 2.37. The molecule has 0 unspecified atom stereocenters. The number of ether oxygens (including phenoxy) is 3. The Bertz CT molecular complexity index is 777. The number of hydrogen-bond acceptors (Lipinski definition) is 6. The Morgan fingerprint density at radius 1 is 1.00 bits per heavy atom. The van der Waals surface area contributed by atoms with Gasteiger partial charge in [0.1, 0.15) is 6.61 Å². The quantitative estimate of drug-likeness (QED) is 0.320. The van der Waals surface area contributed by atoms with Crippen molar-refractivity contribution in [1.82, 2.24) is 0 Å². The molecule has 28 heavy (non-hydrogen) atoms. The Kier molecular flexibility index (Phi) is 9.51. The smallest absolute Gasteiger partial charge is 0.185 e. The van der Waals surface area contributed by atoms with E-state index in [2.05, 4.69) is 0 Å². The first-order chi connectivity index (χ1) is 13.6. The first-order valence-electron chi connectivity index (χ1n) is 8.89. The lowest BCUT2D eigenvalue weighted by molar-refractivity contribution is 0.0385. The predicted octanol–water partition coefficient (Wildman–Crippen LogP) is 3.31. The molecule has 7 heteroatoms. The van der Waals surface area contributed by atoms with Crippen LogP contribution in [0.4, 0.5) is 0 Å². The summed E-state index contributed by atoms with van der Waals surface area (Å²) in [6.45, 7) is 2.56. The number of phenolic OH excluding ortho intramolecular Hbond substituents is 1. The summed E-state index contributed by atoms with van der Waals surface area (Å²) in [4.78, 5) is 12.2. The largest absolute Gasteiger partial charge is 0.504 e. The van der Waals surface area contributed by atoms with Crippen LogP contribution < -0.4 is 10.5 Å². The third kappa shape index (κ3) is 7.70. The highest BCUT2D eigenvalue weighted by Gasteiger charge is 2.05. The van der Waals surface area contributed by atoms with Crippen LogP contribution in [0.15, 0.2) is 48.5 Å². The Morgan fingerprint density at radius 2 is 1.68 bits per heavy atom. The van der Waals surface area contributed by atoms with Crippen molar-refractivity contribution in [2.75, 3.05) is 39.6 Å². The van der Waals surface area contributed by atoms with Crippen LogP contribution in [0, 0.1) is 0 Å². The number of rotatable bonds is 12. The maximum atomic E-state index is 12.2. The number of phenols is 1. The van der Waals surface area contributed by atoms with Gasteiger partial charge in [0.15, 0.2) is 17.3 Å². The molecule has 150 valence electrons. The molecule has 0 spiro atoms. The minimum atomic E-state index is -0.141. The number of halogens is 1. The summed E-state index contributed by atoms with van der Waals surface area (Å²) in [7, 11) is 0. The lowest BCUT2D eigenvalue weighted by Gasteiger charge is -2.09. The molecule has 2 aromatic carbocycles. The highest BCUT2D eigenvalue weighted by Crippen LogP contribution is 2.27. The van der Waals surface area contributed by atoms with Crippen LogP contribution in [0.5, 0.6) is 11.5 Å². The van der Waals surface area contributed by atoms with Crippen LogP contribution >= 0.6 is 11.6 Å². The number of carbonyl (C=O) groups is 1. The molecule has 0 atom stereocenters. The second-order valence-corrected chi connectivity index (χ2v) is 6.23. The maximum absolute atomic E-state index is 12.2. The van der Waals surface area contributed by atoms with E-state index >= 15 is 0 Å². The van der Waals surface area contributed by atoms with Gasteiger partial charge in [-0.2, -0.15) is 0 Å². The average molecular weight is 406 g/mol. The minimum Gasteiger partial charge on any atom is -0.504 e. The van der Waals surface area contributed by atoms with Gasteiger partial charge >= 0.3 is 0 Å². The number of nitrogens with two attached hydrogens (primary N) is 1. The van der Waals surface area contributed by atoms with Crippen molar-refractivity contribution in [2.45, 2.75) is 0 Å². The van der Waals surface area contributed by atoms with Crippen LogP contribution in [-0.4, -0.2) is 50.5 Å². The first kappa shape index (κ1) is 21.9. The molecule has 0 saturated carbocycles. The fourth-order valence-electron chi connectivity index (χ4n) is 2.25. The van der Waals surface area contributed by atoms with Gasteiger partial charge in [0.25, 0.3) is 0 Å². The van der Waals surface area contributed by atoms with Crippen LogP contribution in [0.3, 0.4) is 0 Å². The topological polar surface area (TPSA) is 91.0 Å². The molecule has 0 saturated heterocycles. The molecule has 0 amide bonds. The maximum Gasteiger partial charge on any atom is 0.185 e. The van der Waals surface area contributed by atoms with E-state index in [4.69, 9.17) is 31.5 Å². The summed E-state index contributed by atoms with van der Waals surface area (Å²) in [6, 6.07) is 11.5. The van der Waals surface area contributed by atoms with Crippen LogP contribution in [-0.2, 0) is 9.47 Å². The molecule has 0 bridgehead atoms. The van der Waals surface area contributed by atoms with Crippen LogP contribution in [0.1, 0.15) is 15.9 Å². The van der Waals surface area contributed by atoms with E-state index < -0.39 is 0 Å². The summed E-state index contributed by atoms with van der Waals surface area (Å²) in [6.07, 6.45) is 3.12. The van der Waals surface area contributed by atoms with Crippen molar-refractivity contribution in [2.24, 2.45) is 5.73 Å². The number of hydrogen-bond donors (Lipinski definition) is 2. The van der Waals surface area contributed by atoms with E-state index in [9.17, 15) is 9.90 Å². The second-order valence-electron chi connectivity index (χ2n) is 5.79. The summed E-state index contributed by atoms with van der Waals surface area (Å²) in [5.41, 5.74) is 6.59. The number of ketones is 1. The van der Waals surface area contributed by atoms with Crippen molar-refractivity contribution < 1.29 is 24.1 Å². The highest BCUT2D eigenvalue weighted by molar-refractivity contribution is 6.30. The summed E-state index contributed by atoms with van der Waals surface area (Å²) >= 11 is 5.82. The molecule has 6 nitrogen and oxygen atoms in total. The van der Waals surface area contributed by atoms with Gasteiger partial charge in [0, 0.05) is 17.1 Å². The third-order valence-electron chi connectivity index (χ3n) is 3.66. The lowest BCUT2D eigenvalue weighted by atomic mass is 10.1. The SMILES string of the molecule is NCCOCCOCCOc1cc(C=CC(=O)c2ccc(Cl)cc2)ccc1O. The van der Waals surface area contributed by atoms with Gasteiger partial charge in [-0.25, -0.2) is 0 Å². The predicted molar refractivity (Wildman–Crippen MR) is 109 cm³/mol. The summed E-state index contributed by atoms with van der Waals surface area (Å²) in [5, 5.41) is 10.5. The highest BCUT2D eigenvalue weighted by atomic mass is 35.5. The van der Waals surface area contributed by atoms with Gasteiger partial charge in [-0.3, -0.25) is 4.79 Å². The molecule has 0 fully saturated rings. The molecule has 2 aromatic rings.